The van der Waals surface area contributed by atoms with Crippen molar-refractivity contribution >= 4 is 0 Å². The molecule has 1 aromatic carbocycles. The summed E-state index contributed by atoms with van der Waals surface area (Å²) in [5.41, 5.74) is 1.47. The van der Waals surface area contributed by atoms with Crippen LogP contribution in [0.1, 0.15) is 39.2 Å². The molecule has 112 valence electrons. The first-order valence-electron chi connectivity index (χ1n) is 8.16. The van der Waals surface area contributed by atoms with Gasteiger partial charge in [0.05, 0.1) is 0 Å². The normalized spacial score (nSPS) is 26.8. The zero-order chi connectivity index (χ0) is 14.4. The highest BCUT2D eigenvalue weighted by molar-refractivity contribution is 5.14. The summed E-state index contributed by atoms with van der Waals surface area (Å²) in [5.74, 6) is 0.747. The predicted molar refractivity (Wildman–Crippen MR) is 87.0 cm³/mol. The molecule has 0 saturated carbocycles. The molecule has 3 unspecified atom stereocenters. The van der Waals surface area contributed by atoms with Crippen molar-refractivity contribution in [3.05, 3.63) is 35.9 Å². The lowest BCUT2D eigenvalue weighted by Crippen LogP contribution is -2.45. The van der Waals surface area contributed by atoms with Gasteiger partial charge in [-0.2, -0.15) is 0 Å². The largest absolute Gasteiger partial charge is 0.314 e. The van der Waals surface area contributed by atoms with E-state index in [4.69, 9.17) is 0 Å². The summed E-state index contributed by atoms with van der Waals surface area (Å²) in [6.07, 6.45) is 3.72. The molecule has 1 saturated heterocycles. The van der Waals surface area contributed by atoms with E-state index in [1.807, 2.05) is 0 Å². The van der Waals surface area contributed by atoms with Crippen LogP contribution in [0.4, 0.5) is 0 Å². The maximum Gasteiger partial charge on any atom is 0.00702 e. The van der Waals surface area contributed by atoms with Gasteiger partial charge in [-0.1, -0.05) is 37.3 Å². The molecule has 2 nitrogen and oxygen atoms in total. The van der Waals surface area contributed by atoms with Crippen LogP contribution >= 0.6 is 0 Å². The standard InChI is InChI=1S/C18H30N2/c1-15-13-19-16(2)11-12-20(14-15)17(3)9-10-18-7-5-4-6-8-18/h4-8,15-17,19H,9-14H2,1-3H3. The van der Waals surface area contributed by atoms with Gasteiger partial charge in [0.15, 0.2) is 0 Å². The molecule has 1 aliphatic rings. The van der Waals surface area contributed by atoms with E-state index in [1.54, 1.807) is 0 Å². The third-order valence-corrected chi connectivity index (χ3v) is 4.53. The van der Waals surface area contributed by atoms with Crippen LogP contribution in [0.5, 0.6) is 0 Å². The van der Waals surface area contributed by atoms with Gasteiger partial charge in [-0.3, -0.25) is 0 Å². The Labute approximate surface area is 124 Å². The fraction of sp³-hybridized carbons (Fsp3) is 0.667. The third-order valence-electron chi connectivity index (χ3n) is 4.53. The second-order valence-electron chi connectivity index (χ2n) is 6.57. The van der Waals surface area contributed by atoms with Gasteiger partial charge in [-0.05, 0) is 57.7 Å². The molecule has 1 aromatic rings. The molecular formula is C18H30N2. The summed E-state index contributed by atoms with van der Waals surface area (Å²) in [6, 6.07) is 12.2. The summed E-state index contributed by atoms with van der Waals surface area (Å²) in [4.78, 5) is 2.70. The van der Waals surface area contributed by atoms with Crippen molar-refractivity contribution in [2.24, 2.45) is 5.92 Å². The van der Waals surface area contributed by atoms with Crippen LogP contribution in [-0.4, -0.2) is 36.6 Å². The molecule has 0 amide bonds. The van der Waals surface area contributed by atoms with Crippen LogP contribution in [0.3, 0.4) is 0 Å². The van der Waals surface area contributed by atoms with Gasteiger partial charge in [0.2, 0.25) is 0 Å². The van der Waals surface area contributed by atoms with E-state index in [2.05, 4.69) is 61.3 Å². The molecule has 0 aliphatic carbocycles. The number of nitrogens with zero attached hydrogens (tertiary/aromatic N) is 1. The van der Waals surface area contributed by atoms with Gasteiger partial charge in [-0.15, -0.1) is 0 Å². The lowest BCUT2D eigenvalue weighted by Gasteiger charge is -2.35. The number of benzene rings is 1. The SMILES string of the molecule is CC1CNC(C)CCN(C(C)CCc2ccccc2)C1. The van der Waals surface area contributed by atoms with Crippen LogP contribution in [0.2, 0.25) is 0 Å². The maximum absolute atomic E-state index is 3.62. The van der Waals surface area contributed by atoms with E-state index >= 15 is 0 Å². The highest BCUT2D eigenvalue weighted by Gasteiger charge is 2.20. The molecular weight excluding hydrogens is 244 g/mol. The van der Waals surface area contributed by atoms with E-state index in [-0.39, 0.29) is 0 Å². The number of hydrogen-bond donors (Lipinski definition) is 1. The zero-order valence-electron chi connectivity index (χ0n) is 13.3. The fourth-order valence-electron chi connectivity index (χ4n) is 3.02. The van der Waals surface area contributed by atoms with Crippen LogP contribution < -0.4 is 5.32 Å². The average molecular weight is 274 g/mol. The van der Waals surface area contributed by atoms with Crippen molar-refractivity contribution in [2.75, 3.05) is 19.6 Å². The van der Waals surface area contributed by atoms with Crippen molar-refractivity contribution < 1.29 is 0 Å². The fourth-order valence-corrected chi connectivity index (χ4v) is 3.02. The van der Waals surface area contributed by atoms with Crippen molar-refractivity contribution in [1.29, 1.82) is 0 Å². The molecule has 0 radical (unpaired) electrons. The van der Waals surface area contributed by atoms with Gasteiger partial charge in [0, 0.05) is 18.6 Å². The van der Waals surface area contributed by atoms with Crippen LogP contribution in [0.15, 0.2) is 30.3 Å². The highest BCUT2D eigenvalue weighted by Crippen LogP contribution is 2.14. The minimum atomic E-state index is 0.654. The van der Waals surface area contributed by atoms with E-state index in [0.717, 1.165) is 12.5 Å². The first-order chi connectivity index (χ1) is 9.65. The summed E-state index contributed by atoms with van der Waals surface area (Å²) < 4.78 is 0. The summed E-state index contributed by atoms with van der Waals surface area (Å²) >= 11 is 0. The molecule has 1 fully saturated rings. The van der Waals surface area contributed by atoms with E-state index in [9.17, 15) is 0 Å². The third kappa shape index (κ3) is 4.92. The van der Waals surface area contributed by atoms with Crippen molar-refractivity contribution in [3.63, 3.8) is 0 Å². The second kappa shape index (κ2) is 7.80. The van der Waals surface area contributed by atoms with Gasteiger partial charge >= 0.3 is 0 Å². The average Bonchev–Trinajstić information content (AvgIpc) is 2.46. The molecule has 0 aromatic heterocycles. The quantitative estimate of drug-likeness (QED) is 0.906. The molecule has 2 rings (SSSR count). The Balaban J connectivity index is 1.84. The number of rotatable bonds is 4. The zero-order valence-corrected chi connectivity index (χ0v) is 13.3. The molecule has 1 N–H and O–H groups in total. The summed E-state index contributed by atoms with van der Waals surface area (Å²) in [6.45, 7) is 10.7. The first kappa shape index (κ1) is 15.5. The summed E-state index contributed by atoms with van der Waals surface area (Å²) in [5, 5.41) is 3.62. The summed E-state index contributed by atoms with van der Waals surface area (Å²) in [7, 11) is 0. The van der Waals surface area contributed by atoms with E-state index in [0.29, 0.717) is 12.1 Å². The Kier molecular flexibility index (Phi) is 6.06. The van der Waals surface area contributed by atoms with Gasteiger partial charge in [-0.25, -0.2) is 0 Å². The minimum absolute atomic E-state index is 0.654. The predicted octanol–water partition coefficient (Wildman–Crippen LogP) is 3.33. The lowest BCUT2D eigenvalue weighted by molar-refractivity contribution is 0.150. The van der Waals surface area contributed by atoms with Gasteiger partial charge < -0.3 is 10.2 Å². The minimum Gasteiger partial charge on any atom is -0.314 e. The Bertz CT molecular complexity index is 376. The van der Waals surface area contributed by atoms with Gasteiger partial charge in [0.1, 0.15) is 0 Å². The van der Waals surface area contributed by atoms with Crippen molar-refractivity contribution in [3.8, 4) is 0 Å². The Morgan fingerprint density at radius 2 is 2.00 bits per heavy atom. The highest BCUT2D eigenvalue weighted by atomic mass is 15.2. The van der Waals surface area contributed by atoms with Crippen molar-refractivity contribution in [2.45, 2.75) is 52.1 Å². The smallest absolute Gasteiger partial charge is 0.00702 e. The second-order valence-corrected chi connectivity index (χ2v) is 6.57. The molecule has 1 aliphatic heterocycles. The Morgan fingerprint density at radius 1 is 1.25 bits per heavy atom. The van der Waals surface area contributed by atoms with Crippen LogP contribution in [0.25, 0.3) is 0 Å². The molecule has 1 heterocycles. The first-order valence-corrected chi connectivity index (χ1v) is 8.16. The van der Waals surface area contributed by atoms with E-state index < -0.39 is 0 Å². The molecule has 0 bridgehead atoms. The molecule has 3 atom stereocenters. The Hall–Kier alpha value is -0.860. The topological polar surface area (TPSA) is 15.3 Å². The number of aryl methyl sites for hydroxylation is 1. The monoisotopic (exact) mass is 274 g/mol. The number of hydrogen-bond acceptors (Lipinski definition) is 2. The van der Waals surface area contributed by atoms with Crippen molar-refractivity contribution in [1.82, 2.24) is 10.2 Å². The van der Waals surface area contributed by atoms with E-state index in [1.165, 1.54) is 37.9 Å². The Morgan fingerprint density at radius 3 is 2.75 bits per heavy atom. The molecule has 2 heteroatoms. The van der Waals surface area contributed by atoms with Crippen LogP contribution in [-0.2, 0) is 6.42 Å². The van der Waals surface area contributed by atoms with Gasteiger partial charge in [0.25, 0.3) is 0 Å². The van der Waals surface area contributed by atoms with Crippen LogP contribution in [0, 0.1) is 5.92 Å². The lowest BCUT2D eigenvalue weighted by atomic mass is 10.0. The maximum atomic E-state index is 3.62. The molecule has 20 heavy (non-hydrogen) atoms. The number of nitrogens with one attached hydrogen (secondary N) is 1. The molecule has 0 spiro atoms.